The van der Waals surface area contributed by atoms with Crippen molar-refractivity contribution in [1.29, 1.82) is 0 Å². The van der Waals surface area contributed by atoms with Crippen molar-refractivity contribution in [1.82, 2.24) is 5.16 Å². The van der Waals surface area contributed by atoms with Crippen LogP contribution in [0.25, 0.3) is 11.3 Å². The highest BCUT2D eigenvalue weighted by Crippen LogP contribution is 2.33. The fourth-order valence-corrected chi connectivity index (χ4v) is 3.19. The zero-order chi connectivity index (χ0) is 18.6. The molecule has 140 valence electrons. The maximum absolute atomic E-state index is 12.0. The predicted octanol–water partition coefficient (Wildman–Crippen LogP) is 4.37. The first-order chi connectivity index (χ1) is 13.2. The molecular formula is C21H20ClNO4. The van der Waals surface area contributed by atoms with Gasteiger partial charge in [-0.3, -0.25) is 4.79 Å². The van der Waals surface area contributed by atoms with Crippen molar-refractivity contribution in [3.8, 4) is 23.2 Å². The van der Waals surface area contributed by atoms with Crippen LogP contribution >= 0.6 is 11.6 Å². The number of rotatable bonds is 5. The van der Waals surface area contributed by atoms with Gasteiger partial charge in [0, 0.05) is 18.1 Å². The molecule has 1 atom stereocenters. The van der Waals surface area contributed by atoms with E-state index in [4.69, 9.17) is 25.6 Å². The van der Waals surface area contributed by atoms with E-state index < -0.39 is 0 Å². The van der Waals surface area contributed by atoms with Crippen molar-refractivity contribution in [3.63, 3.8) is 0 Å². The van der Waals surface area contributed by atoms with Crippen LogP contribution in [0, 0.1) is 17.8 Å². The summed E-state index contributed by atoms with van der Waals surface area (Å²) in [6.45, 7) is 0.914. The zero-order valence-electron chi connectivity index (χ0n) is 14.9. The van der Waals surface area contributed by atoms with Crippen LogP contribution in [0.3, 0.4) is 0 Å². The number of Topliss-reactive ketones (excluding diaryl/α,β-unsaturated/α-hetero) is 1. The number of benzene rings is 1. The van der Waals surface area contributed by atoms with E-state index in [0.717, 1.165) is 32.1 Å². The third kappa shape index (κ3) is 4.41. The smallest absolute Gasteiger partial charge is 0.208 e. The van der Waals surface area contributed by atoms with E-state index in [9.17, 15) is 4.79 Å². The SMILES string of the molecule is O=C(C#Cc1c(COC2CCCCO2)noc1-c1ccccc1Cl)C1CC1. The number of halogens is 1. The summed E-state index contributed by atoms with van der Waals surface area (Å²) < 4.78 is 17.0. The molecule has 2 fully saturated rings. The highest BCUT2D eigenvalue weighted by atomic mass is 35.5. The van der Waals surface area contributed by atoms with Gasteiger partial charge >= 0.3 is 0 Å². The van der Waals surface area contributed by atoms with Crippen molar-refractivity contribution in [3.05, 3.63) is 40.5 Å². The average Bonchev–Trinajstić information content (AvgIpc) is 3.47. The number of carbonyl (C=O) groups is 1. The summed E-state index contributed by atoms with van der Waals surface area (Å²) in [5.41, 5.74) is 1.79. The van der Waals surface area contributed by atoms with Gasteiger partial charge in [0.1, 0.15) is 5.69 Å². The number of aromatic nitrogens is 1. The molecule has 2 aliphatic rings. The number of hydrogen-bond donors (Lipinski definition) is 0. The van der Waals surface area contributed by atoms with Crippen LogP contribution in [0.2, 0.25) is 5.02 Å². The number of carbonyl (C=O) groups excluding carboxylic acids is 1. The molecule has 0 bridgehead atoms. The van der Waals surface area contributed by atoms with E-state index >= 15 is 0 Å². The second kappa shape index (κ2) is 8.26. The lowest BCUT2D eigenvalue weighted by Gasteiger charge is -2.22. The second-order valence-electron chi connectivity index (χ2n) is 6.81. The Morgan fingerprint density at radius 3 is 2.85 bits per heavy atom. The minimum absolute atomic E-state index is 0.0382. The van der Waals surface area contributed by atoms with Crippen molar-refractivity contribution in [2.24, 2.45) is 5.92 Å². The molecule has 1 aliphatic carbocycles. The summed E-state index contributed by atoms with van der Waals surface area (Å²) in [6.07, 6.45) is 4.59. The average molecular weight is 386 g/mol. The van der Waals surface area contributed by atoms with E-state index in [1.807, 2.05) is 18.2 Å². The molecule has 0 N–H and O–H groups in total. The van der Waals surface area contributed by atoms with E-state index in [1.165, 1.54) is 0 Å². The molecule has 0 spiro atoms. The zero-order valence-corrected chi connectivity index (χ0v) is 15.6. The summed E-state index contributed by atoms with van der Waals surface area (Å²) in [7, 11) is 0. The standard InChI is InChI=1S/C21H20ClNO4/c22-17-6-2-1-5-15(17)21-16(10-11-19(24)14-8-9-14)18(23-27-21)13-26-20-7-3-4-12-25-20/h1-2,5-6,14,20H,3-4,7-9,12-13H2. The van der Waals surface area contributed by atoms with Crippen LogP contribution < -0.4 is 0 Å². The lowest BCUT2D eigenvalue weighted by Crippen LogP contribution is -2.22. The first-order valence-corrected chi connectivity index (χ1v) is 9.62. The minimum atomic E-state index is -0.242. The van der Waals surface area contributed by atoms with E-state index in [-0.39, 0.29) is 24.6 Å². The molecule has 1 aromatic carbocycles. The third-order valence-electron chi connectivity index (χ3n) is 4.68. The lowest BCUT2D eigenvalue weighted by atomic mass is 10.1. The van der Waals surface area contributed by atoms with Crippen LogP contribution in [0.15, 0.2) is 28.8 Å². The van der Waals surface area contributed by atoms with Crippen LogP contribution in [-0.4, -0.2) is 23.8 Å². The fraction of sp³-hybridized carbons (Fsp3) is 0.429. The number of hydrogen-bond acceptors (Lipinski definition) is 5. The third-order valence-corrected chi connectivity index (χ3v) is 5.01. The van der Waals surface area contributed by atoms with Gasteiger partial charge in [0.2, 0.25) is 5.78 Å². The maximum atomic E-state index is 12.0. The largest absolute Gasteiger partial charge is 0.354 e. The molecule has 6 heteroatoms. The second-order valence-corrected chi connectivity index (χ2v) is 7.22. The Hall–Kier alpha value is -2.13. The van der Waals surface area contributed by atoms with Crippen molar-refractivity contribution < 1.29 is 18.8 Å². The van der Waals surface area contributed by atoms with Crippen LogP contribution in [0.4, 0.5) is 0 Å². The van der Waals surface area contributed by atoms with Gasteiger partial charge in [-0.15, -0.1) is 0 Å². The molecule has 1 aliphatic heterocycles. The van der Waals surface area contributed by atoms with E-state index in [1.54, 1.807) is 6.07 Å². The number of ether oxygens (including phenoxy) is 2. The summed E-state index contributed by atoms with van der Waals surface area (Å²) in [5.74, 6) is 6.20. The Balaban J connectivity index is 1.61. The fourth-order valence-electron chi connectivity index (χ4n) is 2.97. The topological polar surface area (TPSA) is 61.6 Å². The molecule has 0 radical (unpaired) electrons. The monoisotopic (exact) mass is 385 g/mol. The Morgan fingerprint density at radius 2 is 2.11 bits per heavy atom. The lowest BCUT2D eigenvalue weighted by molar-refractivity contribution is -0.169. The van der Waals surface area contributed by atoms with Gasteiger partial charge in [0.15, 0.2) is 12.1 Å². The molecule has 27 heavy (non-hydrogen) atoms. The molecule has 1 unspecified atom stereocenters. The van der Waals surface area contributed by atoms with Gasteiger partial charge in [-0.2, -0.15) is 0 Å². The molecule has 0 amide bonds. The quantitative estimate of drug-likeness (QED) is 0.715. The Bertz CT molecular complexity index is 885. The van der Waals surface area contributed by atoms with Gasteiger partial charge in [-0.25, -0.2) is 0 Å². The molecule has 5 nitrogen and oxygen atoms in total. The van der Waals surface area contributed by atoms with Crippen LogP contribution in [0.5, 0.6) is 0 Å². The molecular weight excluding hydrogens is 366 g/mol. The summed E-state index contributed by atoms with van der Waals surface area (Å²) in [4.78, 5) is 12.0. The molecule has 2 heterocycles. The Labute approximate surface area is 163 Å². The molecule has 1 aromatic heterocycles. The number of nitrogens with zero attached hydrogens (tertiary/aromatic N) is 1. The van der Waals surface area contributed by atoms with Gasteiger partial charge in [0.25, 0.3) is 0 Å². The molecule has 4 rings (SSSR count). The highest BCUT2D eigenvalue weighted by molar-refractivity contribution is 6.33. The molecule has 1 saturated carbocycles. The van der Waals surface area contributed by atoms with Gasteiger partial charge in [-0.05, 0) is 50.2 Å². The highest BCUT2D eigenvalue weighted by Gasteiger charge is 2.28. The van der Waals surface area contributed by atoms with Gasteiger partial charge < -0.3 is 14.0 Å². The molecule has 1 saturated heterocycles. The Kier molecular flexibility index (Phi) is 5.58. The van der Waals surface area contributed by atoms with Crippen molar-refractivity contribution in [2.45, 2.75) is 45.0 Å². The minimum Gasteiger partial charge on any atom is -0.354 e. The summed E-state index contributed by atoms with van der Waals surface area (Å²) in [6, 6.07) is 7.32. The summed E-state index contributed by atoms with van der Waals surface area (Å²) >= 11 is 6.31. The van der Waals surface area contributed by atoms with Crippen molar-refractivity contribution >= 4 is 17.4 Å². The maximum Gasteiger partial charge on any atom is 0.208 e. The van der Waals surface area contributed by atoms with Gasteiger partial charge in [-0.1, -0.05) is 34.8 Å². The summed E-state index contributed by atoms with van der Waals surface area (Å²) in [5, 5.41) is 4.66. The first kappa shape index (κ1) is 18.2. The molecule has 2 aromatic rings. The first-order valence-electron chi connectivity index (χ1n) is 9.25. The van der Waals surface area contributed by atoms with E-state index in [2.05, 4.69) is 17.0 Å². The van der Waals surface area contributed by atoms with Gasteiger partial charge in [0.05, 0.1) is 17.2 Å². The Morgan fingerprint density at radius 1 is 1.26 bits per heavy atom. The van der Waals surface area contributed by atoms with Crippen molar-refractivity contribution in [2.75, 3.05) is 6.61 Å². The van der Waals surface area contributed by atoms with E-state index in [0.29, 0.717) is 34.2 Å². The van der Waals surface area contributed by atoms with Crippen LogP contribution in [0.1, 0.15) is 43.4 Å². The van der Waals surface area contributed by atoms with Crippen LogP contribution in [-0.2, 0) is 20.9 Å². The number of ketones is 1. The normalized spacial score (nSPS) is 19.4. The predicted molar refractivity (Wildman–Crippen MR) is 99.9 cm³/mol.